The topological polar surface area (TPSA) is 44.8 Å². The Bertz CT molecular complexity index is 579. The third-order valence-electron chi connectivity index (χ3n) is 5.66. The van der Waals surface area contributed by atoms with Gasteiger partial charge < -0.3 is 19.9 Å². The van der Waals surface area contributed by atoms with E-state index in [1.807, 2.05) is 31.2 Å². The van der Waals surface area contributed by atoms with Gasteiger partial charge in [0.2, 0.25) is 0 Å². The lowest BCUT2D eigenvalue weighted by Gasteiger charge is -2.44. The van der Waals surface area contributed by atoms with E-state index in [4.69, 9.17) is 4.74 Å². The molecule has 0 saturated carbocycles. The highest BCUT2D eigenvalue weighted by molar-refractivity contribution is 5.75. The third-order valence-corrected chi connectivity index (χ3v) is 5.66. The van der Waals surface area contributed by atoms with Crippen molar-refractivity contribution in [2.75, 3.05) is 33.2 Å². The summed E-state index contributed by atoms with van der Waals surface area (Å²) in [6, 6.07) is 8.09. The van der Waals surface area contributed by atoms with Crippen molar-refractivity contribution in [3.63, 3.8) is 0 Å². The fraction of sp³-hybridized carbons (Fsp3) is 0.650. The van der Waals surface area contributed by atoms with Gasteiger partial charge in [0, 0.05) is 25.2 Å². The summed E-state index contributed by atoms with van der Waals surface area (Å²) in [5, 5.41) is 3.09. The molecule has 0 aliphatic carbocycles. The lowest BCUT2D eigenvalue weighted by molar-refractivity contribution is 0.0814. The fourth-order valence-corrected chi connectivity index (χ4v) is 4.03. The number of likely N-dealkylation sites (tertiary alicyclic amines) is 2. The number of nitrogens with one attached hydrogen (secondary N) is 1. The standard InChI is InChI=1S/C20H31N3O2/c1-16-5-7-18(8-6-16)25-17(2)15-21-19(24)23-12-4-9-20(23)10-13-22(3)14-11-20/h5-8,17H,4,9-15H2,1-3H3,(H,21,24). The smallest absolute Gasteiger partial charge is 0.317 e. The van der Waals surface area contributed by atoms with Gasteiger partial charge in [0.15, 0.2) is 0 Å². The molecule has 2 aliphatic heterocycles. The number of urea groups is 1. The number of hydrogen-bond acceptors (Lipinski definition) is 3. The molecule has 1 aromatic carbocycles. The van der Waals surface area contributed by atoms with E-state index in [0.717, 1.165) is 51.1 Å². The molecule has 5 heteroatoms. The van der Waals surface area contributed by atoms with Crippen molar-refractivity contribution < 1.29 is 9.53 Å². The van der Waals surface area contributed by atoms with Crippen LogP contribution in [0.2, 0.25) is 0 Å². The van der Waals surface area contributed by atoms with Crippen LogP contribution in [0.15, 0.2) is 24.3 Å². The first-order chi connectivity index (χ1) is 12.0. The van der Waals surface area contributed by atoms with Crippen LogP contribution in [0.25, 0.3) is 0 Å². The van der Waals surface area contributed by atoms with Crippen molar-refractivity contribution in [2.24, 2.45) is 0 Å². The third kappa shape index (κ3) is 4.27. The number of carbonyl (C=O) groups is 1. The first-order valence-electron chi connectivity index (χ1n) is 9.46. The number of amides is 2. The molecule has 0 radical (unpaired) electrons. The van der Waals surface area contributed by atoms with Crippen molar-refractivity contribution >= 4 is 6.03 Å². The van der Waals surface area contributed by atoms with E-state index in [9.17, 15) is 4.79 Å². The number of rotatable bonds is 4. The Labute approximate surface area is 151 Å². The monoisotopic (exact) mass is 345 g/mol. The number of benzene rings is 1. The molecule has 2 amide bonds. The van der Waals surface area contributed by atoms with Gasteiger partial charge in [0.1, 0.15) is 11.9 Å². The summed E-state index contributed by atoms with van der Waals surface area (Å²) in [4.78, 5) is 17.2. The van der Waals surface area contributed by atoms with E-state index in [2.05, 4.69) is 29.1 Å². The molecule has 2 saturated heterocycles. The second kappa shape index (κ2) is 7.65. The van der Waals surface area contributed by atoms with Crippen LogP contribution in [-0.2, 0) is 0 Å². The van der Waals surface area contributed by atoms with Crippen molar-refractivity contribution in [3.05, 3.63) is 29.8 Å². The van der Waals surface area contributed by atoms with Crippen LogP contribution in [0.5, 0.6) is 5.75 Å². The predicted octanol–water partition coefficient (Wildman–Crippen LogP) is 3.03. The first kappa shape index (κ1) is 18.1. The van der Waals surface area contributed by atoms with Gasteiger partial charge in [-0.3, -0.25) is 0 Å². The van der Waals surface area contributed by atoms with E-state index in [-0.39, 0.29) is 17.7 Å². The minimum Gasteiger partial charge on any atom is -0.489 e. The Balaban J connectivity index is 1.50. The minimum absolute atomic E-state index is 0.0531. The van der Waals surface area contributed by atoms with E-state index in [1.165, 1.54) is 5.56 Å². The van der Waals surface area contributed by atoms with Crippen LogP contribution in [0.4, 0.5) is 4.79 Å². The molecule has 25 heavy (non-hydrogen) atoms. The Morgan fingerprint density at radius 1 is 1.20 bits per heavy atom. The van der Waals surface area contributed by atoms with E-state index in [0.29, 0.717) is 6.54 Å². The molecule has 5 nitrogen and oxygen atoms in total. The lowest BCUT2D eigenvalue weighted by Crippen LogP contribution is -2.56. The van der Waals surface area contributed by atoms with Crippen molar-refractivity contribution in [1.82, 2.24) is 15.1 Å². The van der Waals surface area contributed by atoms with Crippen molar-refractivity contribution in [3.8, 4) is 5.75 Å². The number of hydrogen-bond donors (Lipinski definition) is 1. The van der Waals surface area contributed by atoms with Gasteiger partial charge in [0.25, 0.3) is 0 Å². The Morgan fingerprint density at radius 3 is 2.56 bits per heavy atom. The van der Waals surface area contributed by atoms with Gasteiger partial charge in [-0.05, 0) is 58.7 Å². The molecular formula is C20H31N3O2. The Morgan fingerprint density at radius 2 is 1.88 bits per heavy atom. The van der Waals surface area contributed by atoms with Gasteiger partial charge in [-0.25, -0.2) is 4.79 Å². The van der Waals surface area contributed by atoms with Crippen LogP contribution in [0.3, 0.4) is 0 Å². The van der Waals surface area contributed by atoms with Crippen LogP contribution in [0, 0.1) is 6.92 Å². The number of nitrogens with zero attached hydrogens (tertiary/aromatic N) is 2. The van der Waals surface area contributed by atoms with Gasteiger partial charge in [-0.15, -0.1) is 0 Å². The summed E-state index contributed by atoms with van der Waals surface area (Å²) < 4.78 is 5.89. The van der Waals surface area contributed by atoms with Crippen molar-refractivity contribution in [1.29, 1.82) is 0 Å². The van der Waals surface area contributed by atoms with Crippen LogP contribution in [0.1, 0.15) is 38.2 Å². The normalized spacial score (nSPS) is 21.3. The Hall–Kier alpha value is -1.75. The predicted molar refractivity (Wildman–Crippen MR) is 100 cm³/mol. The fourth-order valence-electron chi connectivity index (χ4n) is 4.03. The molecule has 1 N–H and O–H groups in total. The average molecular weight is 345 g/mol. The highest BCUT2D eigenvalue weighted by Crippen LogP contribution is 2.38. The summed E-state index contributed by atoms with van der Waals surface area (Å²) in [5.41, 5.74) is 1.29. The molecule has 2 heterocycles. The molecule has 1 aromatic rings. The molecule has 1 unspecified atom stereocenters. The number of carbonyl (C=O) groups excluding carboxylic acids is 1. The molecule has 1 spiro atoms. The minimum atomic E-state index is -0.0531. The van der Waals surface area contributed by atoms with Crippen LogP contribution < -0.4 is 10.1 Å². The zero-order valence-electron chi connectivity index (χ0n) is 15.8. The first-order valence-corrected chi connectivity index (χ1v) is 9.46. The van der Waals surface area contributed by atoms with Crippen molar-refractivity contribution in [2.45, 2.75) is 51.2 Å². The second-order valence-corrected chi connectivity index (χ2v) is 7.71. The summed E-state index contributed by atoms with van der Waals surface area (Å²) >= 11 is 0. The average Bonchev–Trinajstić information content (AvgIpc) is 3.01. The largest absolute Gasteiger partial charge is 0.489 e. The zero-order chi connectivity index (χ0) is 17.9. The molecule has 138 valence electrons. The summed E-state index contributed by atoms with van der Waals surface area (Å²) in [6.07, 6.45) is 4.39. The number of aryl methyl sites for hydroxylation is 1. The summed E-state index contributed by atoms with van der Waals surface area (Å²) in [7, 11) is 2.16. The van der Waals surface area contributed by atoms with Gasteiger partial charge >= 0.3 is 6.03 Å². The van der Waals surface area contributed by atoms with Crippen LogP contribution in [-0.4, -0.2) is 60.7 Å². The van der Waals surface area contributed by atoms with Gasteiger partial charge in [-0.2, -0.15) is 0 Å². The molecule has 0 bridgehead atoms. The highest BCUT2D eigenvalue weighted by atomic mass is 16.5. The van der Waals surface area contributed by atoms with E-state index >= 15 is 0 Å². The summed E-state index contributed by atoms with van der Waals surface area (Å²) in [6.45, 7) is 7.62. The summed E-state index contributed by atoms with van der Waals surface area (Å²) in [5.74, 6) is 0.848. The Kier molecular flexibility index (Phi) is 5.52. The maximum atomic E-state index is 12.7. The van der Waals surface area contributed by atoms with Gasteiger partial charge in [-0.1, -0.05) is 17.7 Å². The molecule has 2 fully saturated rings. The SMILES string of the molecule is Cc1ccc(OC(C)CNC(=O)N2CCCC23CCN(C)CC3)cc1. The zero-order valence-corrected chi connectivity index (χ0v) is 15.8. The second-order valence-electron chi connectivity index (χ2n) is 7.71. The number of piperidine rings is 1. The molecular weight excluding hydrogens is 314 g/mol. The lowest BCUT2D eigenvalue weighted by atomic mass is 9.85. The quantitative estimate of drug-likeness (QED) is 0.912. The van der Waals surface area contributed by atoms with E-state index in [1.54, 1.807) is 0 Å². The van der Waals surface area contributed by atoms with Crippen LogP contribution >= 0.6 is 0 Å². The molecule has 2 aliphatic rings. The number of ether oxygens (including phenoxy) is 1. The molecule has 3 rings (SSSR count). The van der Waals surface area contributed by atoms with Gasteiger partial charge in [0.05, 0.1) is 6.54 Å². The highest BCUT2D eigenvalue weighted by Gasteiger charge is 2.44. The maximum Gasteiger partial charge on any atom is 0.317 e. The molecule has 0 aromatic heterocycles. The molecule has 1 atom stereocenters. The van der Waals surface area contributed by atoms with E-state index < -0.39 is 0 Å². The maximum absolute atomic E-state index is 12.7.